The molecule has 0 radical (unpaired) electrons. The first kappa shape index (κ1) is 23.9. The van der Waals surface area contributed by atoms with E-state index in [4.69, 9.17) is 4.74 Å². The van der Waals surface area contributed by atoms with Gasteiger partial charge in [0.15, 0.2) is 0 Å². The monoisotopic (exact) mass is 484 g/mol. The predicted molar refractivity (Wildman–Crippen MR) is 128 cm³/mol. The molecule has 0 saturated carbocycles. The van der Waals surface area contributed by atoms with Gasteiger partial charge in [0.25, 0.3) is 0 Å². The summed E-state index contributed by atoms with van der Waals surface area (Å²) in [4.78, 5) is 12.6. The van der Waals surface area contributed by atoms with E-state index in [9.17, 15) is 18.0 Å². The van der Waals surface area contributed by atoms with E-state index in [1.54, 1.807) is 23.4 Å². The Kier molecular flexibility index (Phi) is 6.97. The van der Waals surface area contributed by atoms with Gasteiger partial charge in [-0.25, -0.2) is 4.68 Å². The number of rotatable bonds is 7. The summed E-state index contributed by atoms with van der Waals surface area (Å²) >= 11 is 1.72. The summed E-state index contributed by atoms with van der Waals surface area (Å²) in [6.07, 6.45) is -1.35. The van der Waals surface area contributed by atoms with E-state index in [2.05, 4.69) is 11.2 Å². The van der Waals surface area contributed by atoms with E-state index in [1.165, 1.54) is 12.1 Å². The summed E-state index contributed by atoms with van der Waals surface area (Å²) in [5.74, 6) is 1.21. The number of ether oxygens (including phenoxy) is 1. The number of hydrogen-bond acceptors (Lipinski definition) is 4. The second-order valence-electron chi connectivity index (χ2n) is 7.86. The number of aromatic nitrogens is 2. The van der Waals surface area contributed by atoms with Gasteiger partial charge in [-0.05, 0) is 79.1 Å². The Bertz CT molecular complexity index is 1310. The fourth-order valence-electron chi connectivity index (χ4n) is 3.47. The third kappa shape index (κ3) is 5.62. The first-order valence-corrected chi connectivity index (χ1v) is 11.8. The van der Waals surface area contributed by atoms with Gasteiger partial charge < -0.3 is 4.74 Å². The molecule has 3 aromatic carbocycles. The van der Waals surface area contributed by atoms with Crippen LogP contribution in [-0.2, 0) is 17.4 Å². The molecule has 0 aliphatic rings. The van der Waals surface area contributed by atoms with Crippen LogP contribution in [0.4, 0.5) is 13.2 Å². The van der Waals surface area contributed by atoms with Crippen molar-refractivity contribution in [3.8, 4) is 11.4 Å². The van der Waals surface area contributed by atoms with Gasteiger partial charge in [0.2, 0.25) is 0 Å². The van der Waals surface area contributed by atoms with Gasteiger partial charge in [-0.3, -0.25) is 4.79 Å². The van der Waals surface area contributed by atoms with Crippen LogP contribution in [0.2, 0.25) is 0 Å². The van der Waals surface area contributed by atoms with Crippen molar-refractivity contribution in [1.82, 2.24) is 9.78 Å². The van der Waals surface area contributed by atoms with Crippen molar-refractivity contribution < 1.29 is 22.7 Å². The molecule has 0 amide bonds. The number of esters is 1. The fourth-order valence-corrected chi connectivity index (χ4v) is 4.47. The fraction of sp³-hybridized carbons (Fsp3) is 0.231. The number of aryl methyl sites for hydroxylation is 2. The van der Waals surface area contributed by atoms with Crippen molar-refractivity contribution in [3.05, 3.63) is 83.6 Å². The number of nitrogens with zero attached hydrogens (tertiary/aromatic N) is 2. The van der Waals surface area contributed by atoms with Crippen molar-refractivity contribution in [2.45, 2.75) is 37.8 Å². The molecule has 176 valence electrons. The molecule has 1 aromatic heterocycles. The van der Waals surface area contributed by atoms with Gasteiger partial charge in [0.05, 0.1) is 16.8 Å². The summed E-state index contributed by atoms with van der Waals surface area (Å²) in [5, 5.41) is 5.41. The average molecular weight is 485 g/mol. The molecule has 0 saturated heterocycles. The summed E-state index contributed by atoms with van der Waals surface area (Å²) in [5.41, 5.74) is 2.74. The second-order valence-corrected chi connectivity index (χ2v) is 9.03. The molecule has 0 aliphatic heterocycles. The molecule has 4 rings (SSSR count). The Morgan fingerprint density at radius 2 is 1.82 bits per heavy atom. The minimum Gasteiger partial charge on any atom is -0.426 e. The minimum absolute atomic E-state index is 0.250. The lowest BCUT2D eigenvalue weighted by Gasteiger charge is -2.08. The molecule has 8 heteroatoms. The van der Waals surface area contributed by atoms with Crippen molar-refractivity contribution in [1.29, 1.82) is 0 Å². The molecule has 0 bridgehead atoms. The zero-order chi connectivity index (χ0) is 24.3. The highest BCUT2D eigenvalue weighted by atomic mass is 32.2. The van der Waals surface area contributed by atoms with Gasteiger partial charge in [0.1, 0.15) is 5.75 Å². The van der Waals surface area contributed by atoms with Crippen LogP contribution in [-0.4, -0.2) is 21.5 Å². The molecule has 0 unspecified atom stereocenters. The highest BCUT2D eigenvalue weighted by molar-refractivity contribution is 7.99. The summed E-state index contributed by atoms with van der Waals surface area (Å²) in [6, 6.07) is 16.8. The predicted octanol–water partition coefficient (Wildman–Crippen LogP) is 7.00. The van der Waals surface area contributed by atoms with Crippen LogP contribution in [0.15, 0.2) is 71.8 Å². The van der Waals surface area contributed by atoms with Gasteiger partial charge in [-0.2, -0.15) is 18.3 Å². The molecule has 0 atom stereocenters. The Balaban J connectivity index is 1.40. The van der Waals surface area contributed by atoms with Gasteiger partial charge in [-0.15, -0.1) is 11.8 Å². The molecule has 0 N–H and O–H groups in total. The number of fused-ring (bicyclic) bond motifs is 1. The van der Waals surface area contributed by atoms with Gasteiger partial charge in [-0.1, -0.05) is 13.0 Å². The van der Waals surface area contributed by atoms with E-state index in [-0.39, 0.29) is 5.97 Å². The third-order valence-corrected chi connectivity index (χ3v) is 6.34. The molecular weight excluding hydrogens is 461 g/mol. The number of halogens is 3. The molecule has 4 aromatic rings. The van der Waals surface area contributed by atoms with Crippen LogP contribution in [0.25, 0.3) is 16.6 Å². The Morgan fingerprint density at radius 1 is 1.06 bits per heavy atom. The van der Waals surface area contributed by atoms with E-state index in [0.717, 1.165) is 51.2 Å². The van der Waals surface area contributed by atoms with Gasteiger partial charge >= 0.3 is 12.1 Å². The highest BCUT2D eigenvalue weighted by Gasteiger charge is 2.30. The van der Waals surface area contributed by atoms with E-state index >= 15 is 0 Å². The van der Waals surface area contributed by atoms with Crippen LogP contribution in [0.3, 0.4) is 0 Å². The van der Waals surface area contributed by atoms with Crippen molar-refractivity contribution in [2.75, 3.05) is 5.75 Å². The van der Waals surface area contributed by atoms with Crippen LogP contribution >= 0.6 is 11.8 Å². The van der Waals surface area contributed by atoms with Crippen molar-refractivity contribution in [2.24, 2.45) is 0 Å². The largest absolute Gasteiger partial charge is 0.426 e. The lowest BCUT2D eigenvalue weighted by atomic mass is 10.1. The summed E-state index contributed by atoms with van der Waals surface area (Å²) in [6.45, 7) is 3.68. The second kappa shape index (κ2) is 9.93. The quantitative estimate of drug-likeness (QED) is 0.161. The van der Waals surface area contributed by atoms with Crippen molar-refractivity contribution >= 4 is 28.6 Å². The summed E-state index contributed by atoms with van der Waals surface area (Å²) < 4.78 is 45.3. The Labute approximate surface area is 199 Å². The molecule has 4 nitrogen and oxygen atoms in total. The van der Waals surface area contributed by atoms with Crippen LogP contribution < -0.4 is 4.74 Å². The van der Waals surface area contributed by atoms with Crippen molar-refractivity contribution in [3.63, 3.8) is 0 Å². The minimum atomic E-state index is -4.36. The van der Waals surface area contributed by atoms with Gasteiger partial charge in [0, 0.05) is 28.7 Å². The Morgan fingerprint density at radius 3 is 2.50 bits per heavy atom. The number of thioether (sulfide) groups is 1. The maximum Gasteiger partial charge on any atom is 0.416 e. The average Bonchev–Trinajstić information content (AvgIpc) is 3.24. The third-order valence-electron chi connectivity index (χ3n) is 5.35. The number of carbonyl (C=O) groups excluding carboxylic acids is 1. The van der Waals surface area contributed by atoms with E-state index in [0.29, 0.717) is 17.9 Å². The van der Waals surface area contributed by atoms with E-state index in [1.807, 2.05) is 43.5 Å². The zero-order valence-electron chi connectivity index (χ0n) is 18.7. The Hall–Kier alpha value is -3.26. The lowest BCUT2D eigenvalue weighted by Crippen LogP contribution is -2.06. The molecule has 34 heavy (non-hydrogen) atoms. The zero-order valence-corrected chi connectivity index (χ0v) is 19.5. The van der Waals surface area contributed by atoms with E-state index < -0.39 is 11.7 Å². The first-order valence-electron chi connectivity index (χ1n) is 10.8. The maximum absolute atomic E-state index is 12.8. The SMILES string of the molecule is CCC(=O)Oc1ccc(SCCc2ccc3nn(-c4ccc(C(F)(F)F)cc4)cc3c2)cc1C. The molecular formula is C26H23F3N2O2S. The first-order chi connectivity index (χ1) is 16.2. The molecule has 0 fully saturated rings. The number of alkyl halides is 3. The topological polar surface area (TPSA) is 44.1 Å². The normalized spacial score (nSPS) is 11.7. The lowest BCUT2D eigenvalue weighted by molar-refractivity contribution is -0.137. The summed E-state index contributed by atoms with van der Waals surface area (Å²) in [7, 11) is 0. The van der Waals surface area contributed by atoms with Crippen LogP contribution in [0.5, 0.6) is 5.75 Å². The maximum atomic E-state index is 12.8. The smallest absolute Gasteiger partial charge is 0.416 e. The highest BCUT2D eigenvalue weighted by Crippen LogP contribution is 2.30. The standard InChI is InChI=1S/C26H23F3N2O2S/c1-3-25(32)33-24-11-9-22(14-17(24)2)34-13-12-18-4-10-23-19(15-18)16-31(30-23)21-7-5-20(6-8-21)26(27,28)29/h4-11,14-16H,3,12-13H2,1-2H3. The number of benzene rings is 3. The van der Waals surface area contributed by atoms with Crippen LogP contribution in [0, 0.1) is 6.92 Å². The number of carbonyl (C=O) groups is 1. The molecule has 0 spiro atoms. The molecule has 1 heterocycles. The number of hydrogen-bond donors (Lipinski definition) is 0. The van der Waals surface area contributed by atoms with Crippen LogP contribution in [0.1, 0.15) is 30.0 Å². The molecule has 0 aliphatic carbocycles.